The molecule has 1 unspecified atom stereocenters. The van der Waals surface area contributed by atoms with E-state index in [4.69, 9.17) is 0 Å². The molecule has 2 heterocycles. The Hall–Kier alpha value is -0.720. The number of nitrogens with zero attached hydrogens (tertiary/aromatic N) is 2. The van der Waals surface area contributed by atoms with Gasteiger partial charge in [-0.3, -0.25) is 9.79 Å². The summed E-state index contributed by atoms with van der Waals surface area (Å²) in [5.74, 6) is 0.561. The molecule has 12 heavy (non-hydrogen) atoms. The van der Waals surface area contributed by atoms with Gasteiger partial charge < -0.3 is 5.32 Å². The van der Waals surface area contributed by atoms with Crippen molar-refractivity contribution in [3.8, 4) is 0 Å². The van der Waals surface area contributed by atoms with Gasteiger partial charge in [0.1, 0.15) is 5.84 Å². The first-order valence-corrected chi connectivity index (χ1v) is 4.55. The maximum absolute atomic E-state index is 11.4. The third-order valence-electron chi connectivity index (χ3n) is 1.70. The van der Waals surface area contributed by atoms with Gasteiger partial charge in [0.25, 0.3) is 5.91 Å². The van der Waals surface area contributed by atoms with Crippen molar-refractivity contribution in [1.29, 1.82) is 0 Å². The lowest BCUT2D eigenvalue weighted by atomic mass is 10.2. The molecule has 5 heteroatoms. The molecule has 0 bridgehead atoms. The van der Waals surface area contributed by atoms with Crippen molar-refractivity contribution in [3.63, 3.8) is 0 Å². The zero-order chi connectivity index (χ0) is 8.72. The number of nitrogens with one attached hydrogen (secondary N) is 1. The van der Waals surface area contributed by atoms with Gasteiger partial charge >= 0.3 is 0 Å². The summed E-state index contributed by atoms with van der Waals surface area (Å²) in [6.07, 6.45) is 1.40. The number of carbonyl (C=O) groups is 1. The van der Waals surface area contributed by atoms with Crippen LogP contribution in [0.25, 0.3) is 0 Å². The minimum atomic E-state index is -0.286. The molecule has 0 aromatic carbocycles. The monoisotopic (exact) mass is 275 g/mol. The Labute approximate surface area is 83.0 Å². The van der Waals surface area contributed by atoms with Gasteiger partial charge in [-0.1, -0.05) is 0 Å². The van der Waals surface area contributed by atoms with E-state index >= 15 is 0 Å². The zero-order valence-electron chi connectivity index (χ0n) is 6.34. The van der Waals surface area contributed by atoms with E-state index in [1.807, 2.05) is 0 Å². The van der Waals surface area contributed by atoms with Crippen LogP contribution in [0.1, 0.15) is 6.92 Å². The SMILES string of the molecule is CC1=NC2N=CC(I)=C2C(=O)N1. The lowest BCUT2D eigenvalue weighted by molar-refractivity contribution is -0.116. The first-order valence-electron chi connectivity index (χ1n) is 3.47. The molecule has 0 aromatic rings. The summed E-state index contributed by atoms with van der Waals surface area (Å²) in [7, 11) is 0. The molecular formula is C7H6IN3O. The zero-order valence-corrected chi connectivity index (χ0v) is 8.49. The van der Waals surface area contributed by atoms with E-state index in [9.17, 15) is 4.79 Å². The maximum Gasteiger partial charge on any atom is 0.257 e. The van der Waals surface area contributed by atoms with E-state index in [1.54, 1.807) is 13.1 Å². The van der Waals surface area contributed by atoms with Crippen molar-refractivity contribution in [2.45, 2.75) is 13.1 Å². The molecule has 0 saturated heterocycles. The van der Waals surface area contributed by atoms with Crippen LogP contribution < -0.4 is 5.32 Å². The summed E-state index contributed by atoms with van der Waals surface area (Å²) in [5, 5.41) is 2.65. The van der Waals surface area contributed by atoms with Crippen LogP contribution in [0.4, 0.5) is 0 Å². The van der Waals surface area contributed by atoms with Gasteiger partial charge in [0, 0.05) is 9.79 Å². The summed E-state index contributed by atoms with van der Waals surface area (Å²) in [5.41, 5.74) is 0.668. The number of aliphatic imine (C=N–C) groups is 2. The molecule has 62 valence electrons. The maximum atomic E-state index is 11.4. The Bertz CT molecular complexity index is 343. The fourth-order valence-corrected chi connectivity index (χ4v) is 1.86. The summed E-state index contributed by atoms with van der Waals surface area (Å²) in [4.78, 5) is 19.6. The van der Waals surface area contributed by atoms with Crippen LogP contribution in [0.3, 0.4) is 0 Å². The second-order valence-corrected chi connectivity index (χ2v) is 3.74. The summed E-state index contributed by atoms with van der Waals surface area (Å²) < 4.78 is 0.881. The van der Waals surface area contributed by atoms with Crippen LogP contribution in [0.15, 0.2) is 19.1 Å². The lowest BCUT2D eigenvalue weighted by Crippen LogP contribution is -2.37. The highest BCUT2D eigenvalue weighted by Crippen LogP contribution is 2.25. The van der Waals surface area contributed by atoms with E-state index in [1.165, 1.54) is 0 Å². The quantitative estimate of drug-likeness (QED) is 0.648. The molecule has 4 nitrogen and oxygen atoms in total. The average molecular weight is 275 g/mol. The Morgan fingerprint density at radius 1 is 1.67 bits per heavy atom. The summed E-state index contributed by atoms with van der Waals surface area (Å²) in [6, 6.07) is 0. The number of hydrogen-bond donors (Lipinski definition) is 1. The van der Waals surface area contributed by atoms with E-state index in [2.05, 4.69) is 37.9 Å². The molecule has 2 rings (SSSR count). The van der Waals surface area contributed by atoms with Crippen LogP contribution in [-0.4, -0.2) is 24.1 Å². The highest BCUT2D eigenvalue weighted by molar-refractivity contribution is 14.1. The average Bonchev–Trinajstić information content (AvgIpc) is 2.31. The minimum absolute atomic E-state index is 0.0746. The second kappa shape index (κ2) is 2.65. The second-order valence-electron chi connectivity index (χ2n) is 2.58. The van der Waals surface area contributed by atoms with Crippen LogP contribution in [0.5, 0.6) is 0 Å². The number of amides is 1. The smallest absolute Gasteiger partial charge is 0.257 e. The lowest BCUT2D eigenvalue weighted by Gasteiger charge is -2.16. The first-order chi connectivity index (χ1) is 5.68. The molecule has 0 aliphatic carbocycles. The standard InChI is InChI=1S/C7H6IN3O/c1-3-10-6-5(7(12)11-3)4(8)2-9-6/h2,6H,1H3,(H,10,11,12). The van der Waals surface area contributed by atoms with Crippen LogP contribution in [0, 0.1) is 0 Å². The van der Waals surface area contributed by atoms with E-state index < -0.39 is 0 Å². The van der Waals surface area contributed by atoms with Crippen molar-refractivity contribution in [2.24, 2.45) is 9.98 Å². The van der Waals surface area contributed by atoms with Crippen LogP contribution >= 0.6 is 22.6 Å². The number of fused-ring (bicyclic) bond motifs is 1. The molecule has 2 aliphatic rings. The third kappa shape index (κ3) is 1.08. The van der Waals surface area contributed by atoms with Gasteiger partial charge in [0.15, 0.2) is 6.17 Å². The van der Waals surface area contributed by atoms with Crippen molar-refractivity contribution < 1.29 is 4.79 Å². The number of carbonyl (C=O) groups excluding carboxylic acids is 1. The van der Waals surface area contributed by atoms with Gasteiger partial charge in [-0.15, -0.1) is 0 Å². The van der Waals surface area contributed by atoms with Crippen LogP contribution in [-0.2, 0) is 4.79 Å². The molecule has 0 saturated carbocycles. The van der Waals surface area contributed by atoms with Crippen LogP contribution in [0.2, 0.25) is 0 Å². The number of allylic oxidation sites excluding steroid dienone is 1. The highest BCUT2D eigenvalue weighted by Gasteiger charge is 2.30. The Morgan fingerprint density at radius 2 is 2.42 bits per heavy atom. The fourth-order valence-electron chi connectivity index (χ4n) is 1.17. The largest absolute Gasteiger partial charge is 0.311 e. The van der Waals surface area contributed by atoms with Gasteiger partial charge in [-0.2, -0.15) is 0 Å². The van der Waals surface area contributed by atoms with Gasteiger partial charge in [0.2, 0.25) is 0 Å². The third-order valence-corrected chi connectivity index (χ3v) is 2.56. The molecule has 1 N–H and O–H groups in total. The summed E-state index contributed by atoms with van der Waals surface area (Å²) >= 11 is 2.09. The molecule has 1 atom stereocenters. The number of amidine groups is 1. The molecule has 2 aliphatic heterocycles. The molecule has 0 radical (unpaired) electrons. The Kier molecular flexibility index (Phi) is 1.75. The van der Waals surface area contributed by atoms with E-state index in [-0.39, 0.29) is 12.1 Å². The predicted molar refractivity (Wildman–Crippen MR) is 54.6 cm³/mol. The van der Waals surface area contributed by atoms with E-state index in [0.717, 1.165) is 3.58 Å². The van der Waals surface area contributed by atoms with E-state index in [0.29, 0.717) is 11.4 Å². The predicted octanol–water partition coefficient (Wildman–Crippen LogP) is 0.634. The summed E-state index contributed by atoms with van der Waals surface area (Å²) in [6.45, 7) is 1.76. The van der Waals surface area contributed by atoms with Gasteiger partial charge in [-0.25, -0.2) is 4.99 Å². The van der Waals surface area contributed by atoms with Gasteiger partial charge in [-0.05, 0) is 29.5 Å². The molecule has 0 fully saturated rings. The fraction of sp³-hybridized carbons (Fsp3) is 0.286. The normalized spacial score (nSPS) is 27.0. The van der Waals surface area contributed by atoms with Crippen molar-refractivity contribution in [2.75, 3.05) is 0 Å². The molecule has 0 aromatic heterocycles. The van der Waals surface area contributed by atoms with Crippen molar-refractivity contribution >= 4 is 40.5 Å². The topological polar surface area (TPSA) is 53.8 Å². The molecular weight excluding hydrogens is 269 g/mol. The Morgan fingerprint density at radius 3 is 3.17 bits per heavy atom. The first kappa shape index (κ1) is 7.90. The molecule has 0 spiro atoms. The molecule has 1 amide bonds. The Balaban J connectivity index is 2.48. The number of rotatable bonds is 0. The van der Waals surface area contributed by atoms with Crippen molar-refractivity contribution in [1.82, 2.24) is 5.32 Å². The highest BCUT2D eigenvalue weighted by atomic mass is 127. The number of halogens is 1. The van der Waals surface area contributed by atoms with Crippen molar-refractivity contribution in [3.05, 3.63) is 9.15 Å². The minimum Gasteiger partial charge on any atom is -0.311 e. The van der Waals surface area contributed by atoms with Gasteiger partial charge in [0.05, 0.1) is 5.57 Å². The number of hydrogen-bond acceptors (Lipinski definition) is 3.